The molecule has 2 heterocycles. The summed E-state index contributed by atoms with van der Waals surface area (Å²) < 4.78 is 6.43. The van der Waals surface area contributed by atoms with Gasteiger partial charge in [-0.3, -0.25) is 0 Å². The maximum absolute atomic E-state index is 6.43. The lowest BCUT2D eigenvalue weighted by Gasteiger charge is -2.14. The predicted molar refractivity (Wildman–Crippen MR) is 223 cm³/mol. The minimum atomic E-state index is 0.499. The van der Waals surface area contributed by atoms with E-state index < -0.39 is 0 Å². The van der Waals surface area contributed by atoms with Crippen molar-refractivity contribution in [2.75, 3.05) is 0 Å². The molecule has 0 aliphatic heterocycles. The quantitative estimate of drug-likeness (QED) is 0.169. The van der Waals surface area contributed by atoms with Crippen LogP contribution < -0.4 is 0 Å². The normalized spacial score (nSPS) is 14.5. The molecule has 0 amide bonds. The molecule has 10 aromatic rings. The molecule has 0 saturated heterocycles. The highest BCUT2D eigenvalue weighted by Crippen LogP contribution is 2.46. The Hall–Kier alpha value is -6.91. The van der Waals surface area contributed by atoms with Crippen LogP contribution in [0.4, 0.5) is 0 Å². The molecule has 0 unspecified atom stereocenters. The van der Waals surface area contributed by atoms with E-state index in [1.807, 2.05) is 0 Å². The van der Waals surface area contributed by atoms with Crippen molar-refractivity contribution in [1.29, 1.82) is 0 Å². The van der Waals surface area contributed by atoms with Crippen LogP contribution in [0, 0.1) is 5.92 Å². The second-order valence-corrected chi connectivity index (χ2v) is 14.4. The Morgan fingerprint density at radius 2 is 1.20 bits per heavy atom. The number of furan rings is 1. The summed E-state index contributed by atoms with van der Waals surface area (Å²) in [6, 6.07) is 51.7. The highest BCUT2D eigenvalue weighted by Gasteiger charge is 2.21. The fraction of sp³-hybridized carbons (Fsp3) is 0.0600. The van der Waals surface area contributed by atoms with Crippen molar-refractivity contribution in [2.24, 2.45) is 5.92 Å². The molecule has 11 rings (SSSR count). The van der Waals surface area contributed by atoms with Gasteiger partial charge in [-0.05, 0) is 85.8 Å². The number of nitrogens with zero attached hydrogens (tertiary/aromatic N) is 3. The van der Waals surface area contributed by atoms with Crippen LogP contribution in [0.25, 0.3) is 105 Å². The van der Waals surface area contributed by atoms with Crippen LogP contribution in [0.5, 0.6) is 0 Å². The molecule has 4 nitrogen and oxygen atoms in total. The number of aromatic nitrogens is 3. The first-order valence-corrected chi connectivity index (χ1v) is 18.6. The lowest BCUT2D eigenvalue weighted by atomic mass is 9.88. The fourth-order valence-electron chi connectivity index (χ4n) is 8.23. The summed E-state index contributed by atoms with van der Waals surface area (Å²) in [7, 11) is 0. The average molecular weight is 692 g/mol. The first-order valence-electron chi connectivity index (χ1n) is 18.6. The lowest BCUT2D eigenvalue weighted by molar-refractivity contribution is 0.669. The highest BCUT2D eigenvalue weighted by molar-refractivity contribution is 6.35. The van der Waals surface area contributed by atoms with Gasteiger partial charge in [-0.25, -0.2) is 15.0 Å². The third-order valence-corrected chi connectivity index (χ3v) is 11.0. The van der Waals surface area contributed by atoms with Gasteiger partial charge in [0.15, 0.2) is 17.5 Å². The van der Waals surface area contributed by atoms with Crippen LogP contribution in [0.2, 0.25) is 0 Å². The maximum atomic E-state index is 6.43. The average Bonchev–Trinajstić information content (AvgIpc) is 3.63. The van der Waals surface area contributed by atoms with Crippen molar-refractivity contribution in [1.82, 2.24) is 15.0 Å². The molecule has 0 spiro atoms. The summed E-state index contributed by atoms with van der Waals surface area (Å²) in [6.07, 6.45) is 7.59. The molecule has 254 valence electrons. The second-order valence-electron chi connectivity index (χ2n) is 14.4. The van der Waals surface area contributed by atoms with Crippen molar-refractivity contribution >= 4 is 59.8 Å². The Kier molecular flexibility index (Phi) is 6.86. The number of fused-ring (bicyclic) bond motifs is 4. The van der Waals surface area contributed by atoms with Gasteiger partial charge in [0.1, 0.15) is 11.2 Å². The van der Waals surface area contributed by atoms with E-state index in [1.54, 1.807) is 0 Å². The minimum absolute atomic E-state index is 0.499. The zero-order valence-electron chi connectivity index (χ0n) is 29.6. The van der Waals surface area contributed by atoms with Gasteiger partial charge in [-0.2, -0.15) is 0 Å². The van der Waals surface area contributed by atoms with Gasteiger partial charge in [0.05, 0.1) is 0 Å². The molecule has 0 fully saturated rings. The van der Waals surface area contributed by atoms with E-state index >= 15 is 0 Å². The van der Waals surface area contributed by atoms with Crippen molar-refractivity contribution in [3.05, 3.63) is 170 Å². The zero-order valence-corrected chi connectivity index (χ0v) is 29.6. The largest absolute Gasteiger partial charge is 0.456 e. The van der Waals surface area contributed by atoms with E-state index in [0.717, 1.165) is 50.8 Å². The number of rotatable bonds is 5. The molecule has 0 saturated carbocycles. The van der Waals surface area contributed by atoms with E-state index in [4.69, 9.17) is 19.4 Å². The molecule has 0 bridgehead atoms. The Morgan fingerprint density at radius 3 is 2.04 bits per heavy atom. The van der Waals surface area contributed by atoms with Crippen molar-refractivity contribution in [3.8, 4) is 45.0 Å². The van der Waals surface area contributed by atoms with Crippen molar-refractivity contribution < 1.29 is 4.42 Å². The van der Waals surface area contributed by atoms with Crippen LogP contribution in [0.1, 0.15) is 19.2 Å². The van der Waals surface area contributed by atoms with Gasteiger partial charge >= 0.3 is 0 Å². The first kappa shape index (κ1) is 30.7. The first-order chi connectivity index (χ1) is 26.6. The topological polar surface area (TPSA) is 51.8 Å². The summed E-state index contributed by atoms with van der Waals surface area (Å²) in [5, 5.41) is 9.61. The Balaban J connectivity index is 1.05. The summed E-state index contributed by atoms with van der Waals surface area (Å²) >= 11 is 0. The lowest BCUT2D eigenvalue weighted by Crippen LogP contribution is -2.04. The van der Waals surface area contributed by atoms with Gasteiger partial charge in [0.2, 0.25) is 0 Å². The van der Waals surface area contributed by atoms with E-state index in [0.29, 0.717) is 23.4 Å². The molecule has 8 aromatic carbocycles. The minimum Gasteiger partial charge on any atom is -0.456 e. The molecule has 1 aliphatic rings. The third kappa shape index (κ3) is 4.95. The fourth-order valence-corrected chi connectivity index (χ4v) is 8.23. The van der Waals surface area contributed by atoms with E-state index in [2.05, 4.69) is 171 Å². The predicted octanol–water partition coefficient (Wildman–Crippen LogP) is 13.3. The van der Waals surface area contributed by atoms with Crippen LogP contribution in [0.15, 0.2) is 168 Å². The molecule has 0 radical (unpaired) electrons. The molecule has 54 heavy (non-hydrogen) atoms. The van der Waals surface area contributed by atoms with Crippen molar-refractivity contribution in [3.63, 3.8) is 0 Å². The molecule has 4 heteroatoms. The zero-order chi connectivity index (χ0) is 35.8. The van der Waals surface area contributed by atoms with E-state index in [9.17, 15) is 0 Å². The molecule has 0 N–H and O–H groups in total. The summed E-state index contributed by atoms with van der Waals surface area (Å²) in [5.74, 6) is 2.53. The number of benzene rings is 8. The summed E-state index contributed by atoms with van der Waals surface area (Å²) in [5.41, 5.74) is 9.47. The highest BCUT2D eigenvalue weighted by atomic mass is 16.3. The van der Waals surface area contributed by atoms with Gasteiger partial charge in [0, 0.05) is 32.9 Å². The maximum Gasteiger partial charge on any atom is 0.164 e. The third-order valence-electron chi connectivity index (χ3n) is 11.0. The van der Waals surface area contributed by atoms with Crippen LogP contribution in [-0.2, 0) is 0 Å². The van der Waals surface area contributed by atoms with Gasteiger partial charge in [-0.1, -0.05) is 146 Å². The van der Waals surface area contributed by atoms with Crippen LogP contribution in [-0.4, -0.2) is 15.0 Å². The van der Waals surface area contributed by atoms with Crippen LogP contribution >= 0.6 is 0 Å². The van der Waals surface area contributed by atoms with Gasteiger partial charge < -0.3 is 4.42 Å². The molecular weight excluding hydrogens is 659 g/mol. The monoisotopic (exact) mass is 691 g/mol. The van der Waals surface area contributed by atoms with E-state index in [1.165, 1.54) is 48.8 Å². The number of hydrogen-bond donors (Lipinski definition) is 0. The van der Waals surface area contributed by atoms with Crippen LogP contribution in [0.3, 0.4) is 0 Å². The summed E-state index contributed by atoms with van der Waals surface area (Å²) in [4.78, 5) is 15.1. The second kappa shape index (κ2) is 12.1. The SMILES string of the molecule is C[C@H]1C=CC(c2nc(-c3ccc(-c4ccc5c(c4)c4c(-c6ccccc6)ccc6oc7cccc5c7c64)cc3)nc(-c3ccc4ccccc4c3)n2)=CC1. The Labute approximate surface area is 312 Å². The van der Waals surface area contributed by atoms with E-state index in [-0.39, 0.29) is 0 Å². The molecular formula is C50H33N3O. The van der Waals surface area contributed by atoms with Gasteiger partial charge in [0.25, 0.3) is 0 Å². The molecule has 2 aromatic heterocycles. The summed E-state index contributed by atoms with van der Waals surface area (Å²) in [6.45, 7) is 2.23. The standard InChI is InChI=1S/C50H33N3O/c1-30-14-16-34(17-15-30)48-51-49(53-50(52-48)38-23-20-31-8-5-6-11-36(31)28-38)35-21-18-32(19-22-35)37-24-25-40-41-12-7-13-43-46(41)47-44(54-43)27-26-39(45(47)42(40)29-37)33-9-3-2-4-10-33/h2-14,16-30H,15H2,1H3/t30-/m0/s1. The number of allylic oxidation sites excluding steroid dienone is 4. The van der Waals surface area contributed by atoms with Crippen molar-refractivity contribution in [2.45, 2.75) is 13.3 Å². The Morgan fingerprint density at radius 1 is 0.481 bits per heavy atom. The smallest absolute Gasteiger partial charge is 0.164 e. The molecule has 1 aliphatic carbocycles. The van der Waals surface area contributed by atoms with Gasteiger partial charge in [-0.15, -0.1) is 0 Å². The number of hydrogen-bond acceptors (Lipinski definition) is 4. The molecule has 1 atom stereocenters. The Bertz CT molecular complexity index is 3140.